The fourth-order valence-corrected chi connectivity index (χ4v) is 1.60. The van der Waals surface area contributed by atoms with Gasteiger partial charge in [0.25, 0.3) is 5.56 Å². The van der Waals surface area contributed by atoms with Crippen LogP contribution in [0.15, 0.2) is 35.1 Å². The van der Waals surface area contributed by atoms with Crippen LogP contribution in [0.1, 0.15) is 17.3 Å². The van der Waals surface area contributed by atoms with Crippen LogP contribution in [0.5, 0.6) is 5.75 Å². The second kappa shape index (κ2) is 5.34. The number of aromatic amines is 1. The van der Waals surface area contributed by atoms with E-state index in [9.17, 15) is 9.59 Å². The first kappa shape index (κ1) is 12.8. The highest BCUT2D eigenvalue weighted by Crippen LogP contribution is 2.20. The third-order valence-electron chi connectivity index (χ3n) is 2.50. The molecule has 0 saturated carbocycles. The monoisotopic (exact) mass is 260 g/mol. The maximum Gasteiger partial charge on any atom is 0.341 e. The van der Waals surface area contributed by atoms with Gasteiger partial charge in [-0.25, -0.2) is 9.89 Å². The third kappa shape index (κ3) is 2.79. The summed E-state index contributed by atoms with van der Waals surface area (Å²) in [6.45, 7) is 2.45. The second-order valence-electron chi connectivity index (χ2n) is 3.76. The molecule has 0 amide bonds. The molecule has 0 fully saturated rings. The van der Waals surface area contributed by atoms with Crippen LogP contribution in [-0.2, 0) is 0 Å². The van der Waals surface area contributed by atoms with E-state index < -0.39 is 11.5 Å². The number of hydrogen-bond donors (Lipinski definition) is 2. The number of hydrogen-bond acceptors (Lipinski definition) is 4. The van der Waals surface area contributed by atoms with Crippen LogP contribution in [0, 0.1) is 0 Å². The van der Waals surface area contributed by atoms with Crippen molar-refractivity contribution in [3.63, 3.8) is 0 Å². The number of carboxylic acid groups (broad SMARTS) is 1. The lowest BCUT2D eigenvalue weighted by Gasteiger charge is -2.04. The van der Waals surface area contributed by atoms with Gasteiger partial charge in [0.1, 0.15) is 11.3 Å². The molecule has 0 aliphatic carbocycles. The molecule has 19 heavy (non-hydrogen) atoms. The molecule has 0 saturated heterocycles. The maximum absolute atomic E-state index is 11.3. The van der Waals surface area contributed by atoms with Crippen LogP contribution in [0.4, 0.5) is 0 Å². The van der Waals surface area contributed by atoms with Gasteiger partial charge in [0.2, 0.25) is 0 Å². The molecule has 0 bridgehead atoms. The number of benzene rings is 1. The first-order valence-corrected chi connectivity index (χ1v) is 5.68. The van der Waals surface area contributed by atoms with Crippen molar-refractivity contribution in [2.75, 3.05) is 6.61 Å². The average molecular weight is 260 g/mol. The molecular formula is C13H12N2O4. The molecule has 1 aromatic heterocycles. The summed E-state index contributed by atoms with van der Waals surface area (Å²) >= 11 is 0. The summed E-state index contributed by atoms with van der Waals surface area (Å²) in [5.74, 6) is -0.565. The average Bonchev–Trinajstić information content (AvgIpc) is 2.40. The van der Waals surface area contributed by atoms with Crippen molar-refractivity contribution in [1.29, 1.82) is 0 Å². The highest BCUT2D eigenvalue weighted by molar-refractivity contribution is 5.88. The Labute approximate surface area is 108 Å². The smallest absolute Gasteiger partial charge is 0.341 e. The van der Waals surface area contributed by atoms with Crippen molar-refractivity contribution in [3.8, 4) is 17.0 Å². The van der Waals surface area contributed by atoms with Crippen LogP contribution in [0.3, 0.4) is 0 Å². The largest absolute Gasteiger partial charge is 0.494 e. The molecule has 2 aromatic rings. The first-order chi connectivity index (χ1) is 9.11. The van der Waals surface area contributed by atoms with E-state index in [0.717, 1.165) is 0 Å². The summed E-state index contributed by atoms with van der Waals surface area (Å²) in [6.07, 6.45) is 0. The zero-order chi connectivity index (χ0) is 13.8. The van der Waals surface area contributed by atoms with Gasteiger partial charge in [0.05, 0.1) is 12.3 Å². The van der Waals surface area contributed by atoms with E-state index in [2.05, 4.69) is 10.2 Å². The number of carbonyl (C=O) groups is 1. The molecule has 0 spiro atoms. The minimum Gasteiger partial charge on any atom is -0.494 e. The van der Waals surface area contributed by atoms with E-state index in [1.54, 1.807) is 24.3 Å². The Morgan fingerprint density at radius 1 is 1.37 bits per heavy atom. The van der Waals surface area contributed by atoms with Crippen molar-refractivity contribution in [1.82, 2.24) is 10.2 Å². The van der Waals surface area contributed by atoms with E-state index >= 15 is 0 Å². The van der Waals surface area contributed by atoms with Gasteiger partial charge in [-0.3, -0.25) is 4.79 Å². The normalized spacial score (nSPS) is 10.2. The molecule has 6 heteroatoms. The van der Waals surface area contributed by atoms with Gasteiger partial charge in [-0.1, -0.05) is 0 Å². The van der Waals surface area contributed by atoms with E-state index in [4.69, 9.17) is 9.84 Å². The van der Waals surface area contributed by atoms with Crippen molar-refractivity contribution in [2.24, 2.45) is 0 Å². The molecule has 6 nitrogen and oxygen atoms in total. The summed E-state index contributed by atoms with van der Waals surface area (Å²) in [4.78, 5) is 22.1. The minimum atomic E-state index is -1.28. The van der Waals surface area contributed by atoms with Gasteiger partial charge < -0.3 is 9.84 Å². The summed E-state index contributed by atoms with van der Waals surface area (Å²) in [6, 6.07) is 8.25. The highest BCUT2D eigenvalue weighted by Gasteiger charge is 2.11. The number of aromatic nitrogens is 2. The van der Waals surface area contributed by atoms with Crippen LogP contribution in [-0.4, -0.2) is 27.9 Å². The number of ether oxygens (including phenoxy) is 1. The Kier molecular flexibility index (Phi) is 3.61. The third-order valence-corrected chi connectivity index (χ3v) is 2.50. The van der Waals surface area contributed by atoms with Gasteiger partial charge in [-0.05, 0) is 37.3 Å². The summed E-state index contributed by atoms with van der Waals surface area (Å²) in [5, 5.41) is 14.9. The lowest BCUT2D eigenvalue weighted by atomic mass is 10.1. The predicted molar refractivity (Wildman–Crippen MR) is 68.4 cm³/mol. The Morgan fingerprint density at radius 2 is 2.05 bits per heavy atom. The predicted octanol–water partition coefficient (Wildman–Crippen LogP) is 1.53. The quantitative estimate of drug-likeness (QED) is 0.869. The van der Waals surface area contributed by atoms with Crippen LogP contribution < -0.4 is 10.3 Å². The summed E-state index contributed by atoms with van der Waals surface area (Å²) in [5.41, 5.74) is 0.0309. The van der Waals surface area contributed by atoms with Gasteiger partial charge in [0, 0.05) is 5.56 Å². The molecule has 2 rings (SSSR count). The van der Waals surface area contributed by atoms with Gasteiger partial charge in [-0.15, -0.1) is 0 Å². The topological polar surface area (TPSA) is 92.3 Å². The molecule has 0 atom stereocenters. The van der Waals surface area contributed by atoms with Gasteiger partial charge in [-0.2, -0.15) is 5.10 Å². The van der Waals surface area contributed by atoms with E-state index in [1.165, 1.54) is 6.07 Å². The molecule has 0 aliphatic rings. The lowest BCUT2D eigenvalue weighted by molar-refractivity contribution is 0.0694. The Morgan fingerprint density at radius 3 is 2.63 bits per heavy atom. The number of carboxylic acids is 1. The Hall–Kier alpha value is -2.63. The molecule has 1 aromatic carbocycles. The van der Waals surface area contributed by atoms with E-state index in [1.807, 2.05) is 6.92 Å². The molecule has 2 N–H and O–H groups in total. The number of rotatable bonds is 4. The van der Waals surface area contributed by atoms with Crippen molar-refractivity contribution in [3.05, 3.63) is 46.2 Å². The van der Waals surface area contributed by atoms with Crippen molar-refractivity contribution >= 4 is 5.97 Å². The standard InChI is InChI=1S/C13H12N2O4/c1-2-19-9-5-3-8(4-6-9)11-7-10(13(17)18)12(16)15-14-11/h3-7H,2H2,1H3,(H,15,16)(H,17,18). The molecule has 0 unspecified atom stereocenters. The molecule has 0 aliphatic heterocycles. The first-order valence-electron chi connectivity index (χ1n) is 5.68. The van der Waals surface area contributed by atoms with Gasteiger partial charge >= 0.3 is 5.97 Å². The Bertz CT molecular complexity index is 646. The highest BCUT2D eigenvalue weighted by atomic mass is 16.5. The Balaban J connectivity index is 2.39. The number of aromatic carboxylic acids is 1. The van der Waals surface area contributed by atoms with Crippen LogP contribution in [0.25, 0.3) is 11.3 Å². The molecular weight excluding hydrogens is 248 g/mol. The van der Waals surface area contributed by atoms with Crippen molar-refractivity contribution < 1.29 is 14.6 Å². The van der Waals surface area contributed by atoms with Crippen molar-refractivity contribution in [2.45, 2.75) is 6.92 Å². The van der Waals surface area contributed by atoms with Crippen LogP contribution in [0.2, 0.25) is 0 Å². The van der Waals surface area contributed by atoms with E-state index in [-0.39, 0.29) is 5.56 Å². The maximum atomic E-state index is 11.3. The SMILES string of the molecule is CCOc1ccc(-c2cc(C(=O)O)c(=O)[nH]n2)cc1. The number of H-pyrrole nitrogens is 1. The minimum absolute atomic E-state index is 0.334. The van der Waals surface area contributed by atoms with E-state index in [0.29, 0.717) is 23.6 Å². The van der Waals surface area contributed by atoms with Crippen LogP contribution >= 0.6 is 0 Å². The zero-order valence-electron chi connectivity index (χ0n) is 10.2. The molecule has 0 radical (unpaired) electrons. The van der Waals surface area contributed by atoms with Gasteiger partial charge in [0.15, 0.2) is 0 Å². The fourth-order valence-electron chi connectivity index (χ4n) is 1.60. The molecule has 1 heterocycles. The zero-order valence-corrected chi connectivity index (χ0v) is 10.2. The summed E-state index contributed by atoms with van der Waals surface area (Å²) < 4.78 is 5.31. The number of nitrogens with one attached hydrogen (secondary N) is 1. The number of nitrogens with zero attached hydrogens (tertiary/aromatic N) is 1. The molecule has 98 valence electrons. The summed E-state index contributed by atoms with van der Waals surface area (Å²) in [7, 11) is 0. The second-order valence-corrected chi connectivity index (χ2v) is 3.76. The fraction of sp³-hybridized carbons (Fsp3) is 0.154. The lowest BCUT2D eigenvalue weighted by Crippen LogP contribution is -2.18.